The highest BCUT2D eigenvalue weighted by molar-refractivity contribution is 6.05. The average molecular weight is 520 g/mol. The Morgan fingerprint density at radius 2 is 1.89 bits per heavy atom. The normalized spacial score (nSPS) is 17.6. The summed E-state index contributed by atoms with van der Waals surface area (Å²) in [5.74, 6) is -2.54. The Morgan fingerprint density at radius 1 is 1.16 bits per heavy atom. The van der Waals surface area contributed by atoms with Gasteiger partial charge in [-0.05, 0) is 42.2 Å². The molecule has 1 fully saturated rings. The number of fused-ring (bicyclic) bond motifs is 1. The van der Waals surface area contributed by atoms with E-state index >= 15 is 4.39 Å². The highest BCUT2D eigenvalue weighted by atomic mass is 19.4. The van der Waals surface area contributed by atoms with Crippen molar-refractivity contribution in [1.29, 1.82) is 0 Å². The summed E-state index contributed by atoms with van der Waals surface area (Å²) in [4.78, 5) is 49.9. The van der Waals surface area contributed by atoms with E-state index < -0.39 is 47.4 Å². The summed E-state index contributed by atoms with van der Waals surface area (Å²) in [6, 6.07) is 4.25. The molecule has 0 radical (unpaired) electrons. The summed E-state index contributed by atoms with van der Waals surface area (Å²) >= 11 is 0. The standard InChI is InChI=1S/C25H24F4N4O4/c1-12(2)14-7-15(25(27,28)29)9-16(8-14)31-24(37)30-10-13-3-4-17-18(21(13)26)11-33(23(17)36)19-5-6-20(34)32-22(19)35/h3-4,7-9,12,19H,5-6,10-11H2,1-2H3,(H2,30,31,37)(H,32,34,35). The fourth-order valence-corrected chi connectivity index (χ4v) is 4.36. The van der Waals surface area contributed by atoms with E-state index in [1.165, 1.54) is 23.1 Å². The summed E-state index contributed by atoms with van der Waals surface area (Å²) in [6.45, 7) is 2.98. The zero-order valence-corrected chi connectivity index (χ0v) is 20.0. The maximum absolute atomic E-state index is 15.2. The van der Waals surface area contributed by atoms with E-state index in [1.807, 2.05) is 0 Å². The van der Waals surface area contributed by atoms with Gasteiger partial charge in [-0.25, -0.2) is 9.18 Å². The first kappa shape index (κ1) is 26.1. The minimum Gasteiger partial charge on any atom is -0.334 e. The Kier molecular flexibility index (Phi) is 6.94. The number of carbonyl (C=O) groups is 4. The lowest BCUT2D eigenvalue weighted by Crippen LogP contribution is -2.52. The smallest absolute Gasteiger partial charge is 0.334 e. The monoisotopic (exact) mass is 520 g/mol. The van der Waals surface area contributed by atoms with E-state index in [0.29, 0.717) is 5.56 Å². The van der Waals surface area contributed by atoms with E-state index in [2.05, 4.69) is 16.0 Å². The van der Waals surface area contributed by atoms with Crippen molar-refractivity contribution in [2.24, 2.45) is 0 Å². The number of amides is 5. The minimum atomic E-state index is -4.59. The third kappa shape index (κ3) is 5.42. The number of nitrogens with one attached hydrogen (secondary N) is 3. The molecule has 0 saturated carbocycles. The number of hydrogen-bond acceptors (Lipinski definition) is 4. The molecule has 196 valence electrons. The van der Waals surface area contributed by atoms with Crippen LogP contribution >= 0.6 is 0 Å². The Hall–Kier alpha value is -3.96. The molecule has 1 atom stereocenters. The maximum Gasteiger partial charge on any atom is 0.416 e. The first-order valence-electron chi connectivity index (χ1n) is 11.6. The number of hydrogen-bond donors (Lipinski definition) is 3. The summed E-state index contributed by atoms with van der Waals surface area (Å²) in [6.07, 6.45) is -4.40. The van der Waals surface area contributed by atoms with Gasteiger partial charge < -0.3 is 15.5 Å². The molecular formula is C25H24F4N4O4. The van der Waals surface area contributed by atoms with Crippen molar-refractivity contribution in [3.63, 3.8) is 0 Å². The summed E-state index contributed by atoms with van der Waals surface area (Å²) < 4.78 is 55.0. The molecule has 12 heteroatoms. The van der Waals surface area contributed by atoms with Gasteiger partial charge >= 0.3 is 12.2 Å². The predicted molar refractivity (Wildman–Crippen MR) is 124 cm³/mol. The molecule has 2 aliphatic rings. The van der Waals surface area contributed by atoms with Crippen LogP contribution in [0.3, 0.4) is 0 Å². The van der Waals surface area contributed by atoms with Gasteiger partial charge in [-0.2, -0.15) is 13.2 Å². The van der Waals surface area contributed by atoms with Crippen LogP contribution in [-0.4, -0.2) is 34.7 Å². The molecule has 2 aromatic carbocycles. The van der Waals surface area contributed by atoms with E-state index in [9.17, 15) is 32.3 Å². The second-order valence-electron chi connectivity index (χ2n) is 9.27. The fourth-order valence-electron chi connectivity index (χ4n) is 4.36. The number of carbonyl (C=O) groups excluding carboxylic acids is 4. The molecule has 0 aliphatic carbocycles. The number of imide groups is 1. The molecule has 8 nitrogen and oxygen atoms in total. The molecular weight excluding hydrogens is 496 g/mol. The van der Waals surface area contributed by atoms with Gasteiger partial charge in [-0.15, -0.1) is 0 Å². The van der Waals surface area contributed by atoms with Crippen LogP contribution in [0.25, 0.3) is 0 Å². The Labute approximate surface area is 209 Å². The predicted octanol–water partition coefficient (Wildman–Crippen LogP) is 4.05. The fraction of sp³-hybridized carbons (Fsp3) is 0.360. The summed E-state index contributed by atoms with van der Waals surface area (Å²) in [5.41, 5.74) is -0.368. The van der Waals surface area contributed by atoms with Crippen LogP contribution in [-0.2, 0) is 28.9 Å². The molecule has 0 aromatic heterocycles. The number of anilines is 1. The number of piperidine rings is 1. The molecule has 2 heterocycles. The number of nitrogens with zero attached hydrogens (tertiary/aromatic N) is 1. The molecule has 1 saturated heterocycles. The first-order chi connectivity index (χ1) is 17.3. The van der Waals surface area contributed by atoms with E-state index in [1.54, 1.807) is 13.8 Å². The van der Waals surface area contributed by atoms with Crippen LogP contribution in [0.15, 0.2) is 30.3 Å². The van der Waals surface area contributed by atoms with E-state index in [4.69, 9.17) is 0 Å². The molecule has 3 N–H and O–H groups in total. The highest BCUT2D eigenvalue weighted by Crippen LogP contribution is 2.34. The second-order valence-corrected chi connectivity index (χ2v) is 9.27. The van der Waals surface area contributed by atoms with Crippen molar-refractivity contribution in [3.05, 3.63) is 64.0 Å². The summed E-state index contributed by atoms with van der Waals surface area (Å²) in [7, 11) is 0. The van der Waals surface area contributed by atoms with Crippen molar-refractivity contribution in [2.75, 3.05) is 5.32 Å². The minimum absolute atomic E-state index is 0.0544. The number of halogens is 4. The SMILES string of the molecule is CC(C)c1cc(NC(=O)NCc2ccc3c(c2F)CN(C2CCC(=O)NC2=O)C3=O)cc(C(F)(F)F)c1. The quantitative estimate of drug-likeness (QED) is 0.408. The lowest BCUT2D eigenvalue weighted by atomic mass is 9.99. The Morgan fingerprint density at radius 3 is 2.54 bits per heavy atom. The Bertz CT molecular complexity index is 1290. The number of alkyl halides is 3. The lowest BCUT2D eigenvalue weighted by molar-refractivity contribution is -0.138. The van der Waals surface area contributed by atoms with Crippen LogP contribution in [0, 0.1) is 5.82 Å². The lowest BCUT2D eigenvalue weighted by Gasteiger charge is -2.29. The molecule has 0 bridgehead atoms. The van der Waals surface area contributed by atoms with E-state index in [0.717, 1.165) is 12.1 Å². The van der Waals surface area contributed by atoms with Crippen LogP contribution in [0.4, 0.5) is 28.0 Å². The third-order valence-electron chi connectivity index (χ3n) is 6.38. The molecule has 1 unspecified atom stereocenters. The van der Waals surface area contributed by atoms with Gasteiger partial charge in [-0.1, -0.05) is 19.9 Å². The number of urea groups is 1. The maximum atomic E-state index is 15.2. The van der Waals surface area contributed by atoms with Gasteiger partial charge in [0.25, 0.3) is 5.91 Å². The van der Waals surface area contributed by atoms with Crippen LogP contribution in [0.2, 0.25) is 0 Å². The van der Waals surface area contributed by atoms with Gasteiger partial charge in [0.15, 0.2) is 0 Å². The largest absolute Gasteiger partial charge is 0.416 e. The van der Waals surface area contributed by atoms with Gasteiger partial charge in [-0.3, -0.25) is 19.7 Å². The van der Waals surface area contributed by atoms with Crippen molar-refractivity contribution < 1.29 is 36.7 Å². The van der Waals surface area contributed by atoms with Crippen molar-refractivity contribution in [1.82, 2.24) is 15.5 Å². The van der Waals surface area contributed by atoms with Crippen molar-refractivity contribution in [3.8, 4) is 0 Å². The number of benzene rings is 2. The van der Waals surface area contributed by atoms with Gasteiger partial charge in [0.05, 0.1) is 12.1 Å². The topological polar surface area (TPSA) is 108 Å². The molecule has 4 rings (SSSR count). The van der Waals surface area contributed by atoms with Gasteiger partial charge in [0.1, 0.15) is 11.9 Å². The van der Waals surface area contributed by atoms with Crippen LogP contribution in [0.1, 0.15) is 65.2 Å². The average Bonchev–Trinajstić information content (AvgIpc) is 3.15. The van der Waals surface area contributed by atoms with Crippen LogP contribution < -0.4 is 16.0 Å². The second kappa shape index (κ2) is 9.83. The molecule has 2 aromatic rings. The van der Waals surface area contributed by atoms with Crippen molar-refractivity contribution in [2.45, 2.75) is 57.9 Å². The van der Waals surface area contributed by atoms with E-state index in [-0.39, 0.29) is 54.2 Å². The van der Waals surface area contributed by atoms with Gasteiger partial charge in [0, 0.05) is 35.3 Å². The van der Waals surface area contributed by atoms with Crippen LogP contribution in [0.5, 0.6) is 0 Å². The van der Waals surface area contributed by atoms with Gasteiger partial charge in [0.2, 0.25) is 11.8 Å². The molecule has 37 heavy (non-hydrogen) atoms. The zero-order chi connectivity index (χ0) is 27.1. The number of rotatable bonds is 5. The third-order valence-corrected chi connectivity index (χ3v) is 6.38. The molecule has 2 aliphatic heterocycles. The first-order valence-corrected chi connectivity index (χ1v) is 11.6. The molecule has 0 spiro atoms. The zero-order valence-electron chi connectivity index (χ0n) is 20.0. The highest BCUT2D eigenvalue weighted by Gasteiger charge is 2.40. The molecule has 5 amide bonds. The summed E-state index contributed by atoms with van der Waals surface area (Å²) in [5, 5.41) is 6.93. The Balaban J connectivity index is 1.45. The van der Waals surface area contributed by atoms with Crippen molar-refractivity contribution >= 4 is 29.4 Å².